The fourth-order valence-corrected chi connectivity index (χ4v) is 5.45. The summed E-state index contributed by atoms with van der Waals surface area (Å²) in [5.41, 5.74) is 3.32. The molecule has 0 aromatic carbocycles. The van der Waals surface area contributed by atoms with Crippen molar-refractivity contribution in [3.63, 3.8) is 0 Å². The molecule has 0 atom stereocenters. The number of aromatic nitrogens is 4. The highest BCUT2D eigenvalue weighted by Gasteiger charge is 2.47. The SMILES string of the molecule is Cc1nn(C)cc1-c1ccc(OC2CC3(CCN(CC4CCOCC4)CC3)C2)nn1. The van der Waals surface area contributed by atoms with Crippen molar-refractivity contribution in [1.82, 2.24) is 24.9 Å². The Morgan fingerprint density at radius 1 is 1.13 bits per heavy atom. The maximum Gasteiger partial charge on any atom is 0.233 e. The van der Waals surface area contributed by atoms with Crippen LogP contribution < -0.4 is 4.74 Å². The molecule has 2 saturated heterocycles. The maximum atomic E-state index is 6.13. The summed E-state index contributed by atoms with van der Waals surface area (Å²) >= 11 is 0. The molecule has 3 aliphatic rings. The van der Waals surface area contributed by atoms with Crippen LogP contribution in [0.3, 0.4) is 0 Å². The standard InChI is InChI=1S/C23H33N5O2/c1-17-20(16-27(2)26-17)21-3-4-22(25-24-21)30-19-13-23(14-19)7-9-28(10-8-23)15-18-5-11-29-12-6-18/h3-4,16,18-19H,5-15H2,1-2H3. The van der Waals surface area contributed by atoms with E-state index in [1.54, 1.807) is 4.68 Å². The molecule has 3 fully saturated rings. The number of hydrogen-bond donors (Lipinski definition) is 0. The van der Waals surface area contributed by atoms with E-state index in [1.807, 2.05) is 32.3 Å². The van der Waals surface area contributed by atoms with Crippen LogP contribution in [0.4, 0.5) is 0 Å². The average molecular weight is 412 g/mol. The summed E-state index contributed by atoms with van der Waals surface area (Å²) in [6.07, 6.45) is 9.65. The molecule has 2 aromatic heterocycles. The molecule has 7 heteroatoms. The molecule has 0 radical (unpaired) electrons. The summed E-state index contributed by atoms with van der Waals surface area (Å²) in [7, 11) is 1.92. The molecular formula is C23H33N5O2. The average Bonchev–Trinajstić information content (AvgIpc) is 3.08. The first kappa shape index (κ1) is 19.9. The Hall–Kier alpha value is -1.99. The molecule has 0 unspecified atom stereocenters. The quantitative estimate of drug-likeness (QED) is 0.753. The molecule has 7 nitrogen and oxygen atoms in total. The summed E-state index contributed by atoms with van der Waals surface area (Å²) in [6.45, 7) is 7.63. The lowest BCUT2D eigenvalue weighted by Crippen LogP contribution is -2.51. The van der Waals surface area contributed by atoms with Gasteiger partial charge >= 0.3 is 0 Å². The minimum absolute atomic E-state index is 0.285. The Balaban J connectivity index is 1.09. The second-order valence-corrected chi connectivity index (χ2v) is 9.56. The lowest BCUT2D eigenvalue weighted by molar-refractivity contribution is -0.0610. The van der Waals surface area contributed by atoms with Gasteiger partial charge in [0.15, 0.2) is 0 Å². The topological polar surface area (TPSA) is 65.3 Å². The molecule has 1 saturated carbocycles. The van der Waals surface area contributed by atoms with Crippen molar-refractivity contribution in [3.8, 4) is 17.1 Å². The van der Waals surface area contributed by atoms with Gasteiger partial charge < -0.3 is 14.4 Å². The van der Waals surface area contributed by atoms with Crippen LogP contribution in [0.5, 0.6) is 5.88 Å². The Bertz CT molecular complexity index is 843. The van der Waals surface area contributed by atoms with Gasteiger partial charge in [-0.15, -0.1) is 10.2 Å². The molecule has 0 amide bonds. The predicted molar refractivity (Wildman–Crippen MR) is 114 cm³/mol. The van der Waals surface area contributed by atoms with Crippen LogP contribution in [0.2, 0.25) is 0 Å². The zero-order chi connectivity index (χ0) is 20.6. The predicted octanol–water partition coefficient (Wildman–Crippen LogP) is 3.24. The van der Waals surface area contributed by atoms with Crippen LogP contribution in [-0.2, 0) is 11.8 Å². The monoisotopic (exact) mass is 411 g/mol. The first-order chi connectivity index (χ1) is 14.6. The molecule has 0 N–H and O–H groups in total. The summed E-state index contributed by atoms with van der Waals surface area (Å²) in [5, 5.41) is 13.0. The van der Waals surface area contributed by atoms with Gasteiger partial charge in [0, 0.05) is 44.6 Å². The second-order valence-electron chi connectivity index (χ2n) is 9.56. The van der Waals surface area contributed by atoms with E-state index in [2.05, 4.69) is 20.2 Å². The Labute approximate surface area is 178 Å². The van der Waals surface area contributed by atoms with E-state index in [1.165, 1.54) is 45.3 Å². The third kappa shape index (κ3) is 4.23. The van der Waals surface area contributed by atoms with Crippen molar-refractivity contribution in [2.75, 3.05) is 32.8 Å². The lowest BCUT2D eigenvalue weighted by Gasteiger charge is -2.52. The highest BCUT2D eigenvalue weighted by atomic mass is 16.5. The van der Waals surface area contributed by atoms with Gasteiger partial charge in [0.1, 0.15) is 6.10 Å². The van der Waals surface area contributed by atoms with E-state index in [4.69, 9.17) is 9.47 Å². The largest absolute Gasteiger partial charge is 0.473 e. The molecule has 0 bridgehead atoms. The minimum atomic E-state index is 0.285. The smallest absolute Gasteiger partial charge is 0.233 e. The molecule has 1 aliphatic carbocycles. The van der Waals surface area contributed by atoms with E-state index in [0.717, 1.165) is 48.9 Å². The fraction of sp³-hybridized carbons (Fsp3) is 0.696. The molecule has 4 heterocycles. The van der Waals surface area contributed by atoms with E-state index in [9.17, 15) is 0 Å². The molecular weight excluding hydrogens is 378 g/mol. The van der Waals surface area contributed by atoms with Crippen LogP contribution in [0.25, 0.3) is 11.3 Å². The van der Waals surface area contributed by atoms with Gasteiger partial charge in [0.2, 0.25) is 5.88 Å². The first-order valence-corrected chi connectivity index (χ1v) is 11.4. The summed E-state index contributed by atoms with van der Waals surface area (Å²) in [6, 6.07) is 3.92. The van der Waals surface area contributed by atoms with Crippen LogP contribution in [0.15, 0.2) is 18.3 Å². The number of piperidine rings is 1. The Morgan fingerprint density at radius 3 is 2.53 bits per heavy atom. The van der Waals surface area contributed by atoms with Crippen LogP contribution in [-0.4, -0.2) is 63.8 Å². The molecule has 2 aliphatic heterocycles. The van der Waals surface area contributed by atoms with Gasteiger partial charge in [-0.1, -0.05) is 0 Å². The van der Waals surface area contributed by atoms with E-state index in [0.29, 0.717) is 11.3 Å². The highest BCUT2D eigenvalue weighted by molar-refractivity contribution is 5.60. The van der Waals surface area contributed by atoms with Gasteiger partial charge in [-0.2, -0.15) is 5.10 Å². The summed E-state index contributed by atoms with van der Waals surface area (Å²) in [4.78, 5) is 2.68. The zero-order valence-electron chi connectivity index (χ0n) is 18.2. The second kappa shape index (κ2) is 8.27. The lowest BCUT2D eigenvalue weighted by atomic mass is 9.61. The maximum absolute atomic E-state index is 6.13. The fourth-order valence-electron chi connectivity index (χ4n) is 5.45. The Kier molecular flexibility index (Phi) is 5.50. The van der Waals surface area contributed by atoms with Gasteiger partial charge in [-0.25, -0.2) is 0 Å². The first-order valence-electron chi connectivity index (χ1n) is 11.4. The van der Waals surface area contributed by atoms with E-state index in [-0.39, 0.29) is 6.10 Å². The number of hydrogen-bond acceptors (Lipinski definition) is 6. The van der Waals surface area contributed by atoms with Crippen molar-refractivity contribution >= 4 is 0 Å². The highest BCUT2D eigenvalue weighted by Crippen LogP contribution is 2.50. The Morgan fingerprint density at radius 2 is 1.90 bits per heavy atom. The molecule has 162 valence electrons. The van der Waals surface area contributed by atoms with Crippen LogP contribution in [0, 0.1) is 18.3 Å². The van der Waals surface area contributed by atoms with Crippen molar-refractivity contribution in [2.24, 2.45) is 18.4 Å². The third-order valence-corrected chi connectivity index (χ3v) is 7.31. The summed E-state index contributed by atoms with van der Waals surface area (Å²) in [5.74, 6) is 1.47. The van der Waals surface area contributed by atoms with Crippen molar-refractivity contribution < 1.29 is 9.47 Å². The van der Waals surface area contributed by atoms with Gasteiger partial charge in [0.05, 0.1) is 11.4 Å². The number of likely N-dealkylation sites (tertiary alicyclic amines) is 1. The number of aryl methyl sites for hydroxylation is 2. The van der Waals surface area contributed by atoms with Crippen molar-refractivity contribution in [2.45, 2.75) is 51.6 Å². The molecule has 30 heavy (non-hydrogen) atoms. The van der Waals surface area contributed by atoms with Gasteiger partial charge in [-0.05, 0) is 75.9 Å². The minimum Gasteiger partial charge on any atom is -0.473 e. The van der Waals surface area contributed by atoms with Crippen molar-refractivity contribution in [3.05, 3.63) is 24.0 Å². The van der Waals surface area contributed by atoms with Crippen LogP contribution >= 0.6 is 0 Å². The van der Waals surface area contributed by atoms with Gasteiger partial charge in [-0.3, -0.25) is 4.68 Å². The summed E-state index contributed by atoms with van der Waals surface area (Å²) < 4.78 is 13.4. The number of nitrogens with zero attached hydrogens (tertiary/aromatic N) is 5. The molecule has 5 rings (SSSR count). The third-order valence-electron chi connectivity index (χ3n) is 7.31. The van der Waals surface area contributed by atoms with Gasteiger partial charge in [0.25, 0.3) is 0 Å². The molecule has 1 spiro atoms. The normalized spacial score (nSPS) is 22.9. The van der Waals surface area contributed by atoms with Crippen molar-refractivity contribution in [1.29, 1.82) is 0 Å². The van der Waals surface area contributed by atoms with Crippen LogP contribution in [0.1, 0.15) is 44.2 Å². The zero-order valence-corrected chi connectivity index (χ0v) is 18.2. The van der Waals surface area contributed by atoms with E-state index >= 15 is 0 Å². The molecule has 2 aromatic rings. The number of ether oxygens (including phenoxy) is 2. The number of rotatable bonds is 5. The van der Waals surface area contributed by atoms with E-state index < -0.39 is 0 Å².